The molecule has 3 amide bonds. The Morgan fingerprint density at radius 1 is 1.24 bits per heavy atom. The normalized spacial score (nSPS) is 24.3. The molecule has 1 aromatic carbocycles. The highest BCUT2D eigenvalue weighted by Gasteiger charge is 2.56. The third kappa shape index (κ3) is 3.15. The van der Waals surface area contributed by atoms with Gasteiger partial charge in [-0.25, -0.2) is 9.18 Å². The van der Waals surface area contributed by atoms with Crippen LogP contribution in [0.2, 0.25) is 0 Å². The van der Waals surface area contributed by atoms with Crippen LogP contribution in [0.4, 0.5) is 9.18 Å². The van der Waals surface area contributed by atoms with Gasteiger partial charge < -0.3 is 15.1 Å². The average Bonchev–Trinajstić information content (AvgIpc) is 2.61. The zero-order valence-electron chi connectivity index (χ0n) is 16.4. The summed E-state index contributed by atoms with van der Waals surface area (Å²) in [5.41, 5.74) is 1.06. The Bertz CT molecular complexity index is 904. The Morgan fingerprint density at radius 2 is 1.97 bits per heavy atom. The van der Waals surface area contributed by atoms with Gasteiger partial charge in [0.1, 0.15) is 5.82 Å². The summed E-state index contributed by atoms with van der Waals surface area (Å²) in [6.07, 6.45) is 5.20. The molecule has 5 rings (SSSR count). The van der Waals surface area contributed by atoms with Crippen LogP contribution in [-0.2, 0) is 11.2 Å². The minimum atomic E-state index is -0.295. The van der Waals surface area contributed by atoms with Crippen LogP contribution in [0.1, 0.15) is 43.2 Å². The molecule has 1 saturated carbocycles. The molecule has 152 valence electrons. The highest BCUT2D eigenvalue weighted by Crippen LogP contribution is 2.53. The molecule has 0 unspecified atom stereocenters. The van der Waals surface area contributed by atoms with E-state index < -0.39 is 0 Å². The highest BCUT2D eigenvalue weighted by molar-refractivity contribution is 5.80. The van der Waals surface area contributed by atoms with Crippen molar-refractivity contribution in [1.29, 1.82) is 5.26 Å². The van der Waals surface area contributed by atoms with Crippen LogP contribution in [-0.4, -0.2) is 53.5 Å². The zero-order valence-corrected chi connectivity index (χ0v) is 16.4. The number of benzene rings is 1. The first kappa shape index (κ1) is 18.4. The van der Waals surface area contributed by atoms with E-state index in [4.69, 9.17) is 5.26 Å². The number of likely N-dealkylation sites (tertiary alicyclic amines) is 2. The van der Waals surface area contributed by atoms with Gasteiger partial charge in [-0.1, -0.05) is 6.07 Å². The average molecular weight is 396 g/mol. The summed E-state index contributed by atoms with van der Waals surface area (Å²) in [7, 11) is 0. The van der Waals surface area contributed by atoms with Crippen molar-refractivity contribution in [3.8, 4) is 6.07 Å². The van der Waals surface area contributed by atoms with E-state index in [1.54, 1.807) is 12.1 Å². The highest BCUT2D eigenvalue weighted by atomic mass is 19.1. The first-order valence-electron chi connectivity index (χ1n) is 10.4. The van der Waals surface area contributed by atoms with E-state index in [0.29, 0.717) is 43.0 Å². The number of carbonyl (C=O) groups excluding carboxylic acids is 2. The van der Waals surface area contributed by atoms with Crippen molar-refractivity contribution < 1.29 is 14.0 Å². The Labute approximate surface area is 169 Å². The molecular formula is C22H25FN4O2. The molecule has 6 nitrogen and oxygen atoms in total. The molecular weight excluding hydrogens is 371 g/mol. The van der Waals surface area contributed by atoms with E-state index in [0.717, 1.165) is 38.8 Å². The van der Waals surface area contributed by atoms with E-state index in [2.05, 4.69) is 5.32 Å². The number of hydrogen-bond acceptors (Lipinski definition) is 3. The number of piperidine rings is 1. The predicted octanol–water partition coefficient (Wildman–Crippen LogP) is 2.43. The summed E-state index contributed by atoms with van der Waals surface area (Å²) in [6, 6.07) is 6.75. The number of nitriles is 1. The number of hydrogen-bond donors (Lipinski definition) is 1. The molecule has 2 spiro atoms. The van der Waals surface area contributed by atoms with Crippen molar-refractivity contribution in [2.45, 2.75) is 44.1 Å². The third-order valence-electron chi connectivity index (χ3n) is 7.18. The summed E-state index contributed by atoms with van der Waals surface area (Å²) in [5.74, 6) is 0.252. The number of nitrogens with one attached hydrogen (secondary N) is 1. The van der Waals surface area contributed by atoms with Gasteiger partial charge in [-0.2, -0.15) is 5.26 Å². The van der Waals surface area contributed by atoms with Crippen LogP contribution in [0, 0.1) is 28.5 Å². The van der Waals surface area contributed by atoms with Gasteiger partial charge in [-0.3, -0.25) is 4.79 Å². The number of urea groups is 1. The second-order valence-electron chi connectivity index (χ2n) is 9.57. The third-order valence-corrected chi connectivity index (χ3v) is 7.18. The SMILES string of the molecule is N#Cc1ccc(CC2CC3(C2)CN(C(=O)N2CC4(CCCC(=O)N4)C2)C3)c(F)c1. The molecule has 3 aliphatic heterocycles. The van der Waals surface area contributed by atoms with Crippen LogP contribution < -0.4 is 5.32 Å². The Kier molecular flexibility index (Phi) is 4.09. The lowest BCUT2D eigenvalue weighted by Crippen LogP contribution is -2.75. The van der Waals surface area contributed by atoms with Crippen LogP contribution >= 0.6 is 0 Å². The predicted molar refractivity (Wildman–Crippen MR) is 103 cm³/mol. The zero-order chi connectivity index (χ0) is 20.2. The summed E-state index contributed by atoms with van der Waals surface area (Å²) in [6.45, 7) is 2.82. The van der Waals surface area contributed by atoms with Gasteiger partial charge in [0.15, 0.2) is 0 Å². The summed E-state index contributed by atoms with van der Waals surface area (Å²) < 4.78 is 14.1. The Hall–Kier alpha value is -2.62. The number of carbonyl (C=O) groups is 2. The quantitative estimate of drug-likeness (QED) is 0.834. The van der Waals surface area contributed by atoms with E-state index in [1.165, 1.54) is 6.07 Å². The maximum atomic E-state index is 14.1. The fourth-order valence-corrected chi connectivity index (χ4v) is 5.82. The molecule has 0 radical (unpaired) electrons. The van der Waals surface area contributed by atoms with Gasteiger partial charge in [-0.15, -0.1) is 0 Å². The number of amides is 3. The lowest BCUT2D eigenvalue weighted by Gasteiger charge is -2.61. The largest absolute Gasteiger partial charge is 0.347 e. The monoisotopic (exact) mass is 396 g/mol. The van der Waals surface area contributed by atoms with E-state index in [-0.39, 0.29) is 28.7 Å². The fourth-order valence-electron chi connectivity index (χ4n) is 5.82. The topological polar surface area (TPSA) is 76.4 Å². The Morgan fingerprint density at radius 3 is 2.62 bits per heavy atom. The smallest absolute Gasteiger partial charge is 0.320 e. The minimum Gasteiger partial charge on any atom is -0.347 e. The molecule has 0 bridgehead atoms. The molecule has 29 heavy (non-hydrogen) atoms. The van der Waals surface area contributed by atoms with Gasteiger partial charge in [0.05, 0.1) is 17.2 Å². The molecule has 1 aromatic rings. The van der Waals surface area contributed by atoms with E-state index in [1.807, 2.05) is 15.9 Å². The standard InChI is InChI=1S/C22H25FN4O2/c23-18-7-15(10-24)3-4-17(18)6-16-8-21(9-16)11-26(12-21)20(29)27-13-22(14-27)5-1-2-19(28)25-22/h3-4,7,16H,1-2,5-6,8-9,11-14H2,(H,25,28). The molecule has 4 fully saturated rings. The molecule has 3 saturated heterocycles. The number of halogens is 1. The molecule has 1 aliphatic carbocycles. The van der Waals surface area contributed by atoms with Crippen LogP contribution in [0.3, 0.4) is 0 Å². The molecule has 3 heterocycles. The van der Waals surface area contributed by atoms with Gasteiger partial charge >= 0.3 is 6.03 Å². The van der Waals surface area contributed by atoms with Crippen LogP contribution in [0.5, 0.6) is 0 Å². The summed E-state index contributed by atoms with van der Waals surface area (Å²) in [5, 5.41) is 11.9. The molecule has 7 heteroatoms. The van der Waals surface area contributed by atoms with E-state index >= 15 is 0 Å². The van der Waals surface area contributed by atoms with Gasteiger partial charge in [0.25, 0.3) is 0 Å². The van der Waals surface area contributed by atoms with Gasteiger partial charge in [0, 0.05) is 38.0 Å². The van der Waals surface area contributed by atoms with E-state index in [9.17, 15) is 14.0 Å². The fraction of sp³-hybridized carbons (Fsp3) is 0.591. The van der Waals surface area contributed by atoms with Crippen LogP contribution in [0.15, 0.2) is 18.2 Å². The number of rotatable bonds is 2. The molecule has 0 aromatic heterocycles. The molecule has 1 N–H and O–H groups in total. The lowest BCUT2D eigenvalue weighted by molar-refractivity contribution is -0.128. The van der Waals surface area contributed by atoms with Crippen molar-refractivity contribution in [1.82, 2.24) is 15.1 Å². The van der Waals surface area contributed by atoms with Crippen molar-refractivity contribution in [3.63, 3.8) is 0 Å². The summed E-state index contributed by atoms with van der Waals surface area (Å²) >= 11 is 0. The van der Waals surface area contributed by atoms with Crippen molar-refractivity contribution in [2.75, 3.05) is 26.2 Å². The van der Waals surface area contributed by atoms with Crippen molar-refractivity contribution in [2.24, 2.45) is 11.3 Å². The lowest BCUT2D eigenvalue weighted by atomic mass is 9.56. The second-order valence-corrected chi connectivity index (χ2v) is 9.57. The van der Waals surface area contributed by atoms with Crippen molar-refractivity contribution in [3.05, 3.63) is 35.1 Å². The first-order valence-corrected chi connectivity index (χ1v) is 10.4. The Balaban J connectivity index is 1.08. The van der Waals surface area contributed by atoms with Gasteiger partial charge in [0.2, 0.25) is 5.91 Å². The maximum absolute atomic E-state index is 14.1. The summed E-state index contributed by atoms with van der Waals surface area (Å²) in [4.78, 5) is 28.1. The number of nitrogens with zero attached hydrogens (tertiary/aromatic N) is 3. The minimum absolute atomic E-state index is 0.0858. The van der Waals surface area contributed by atoms with Crippen molar-refractivity contribution >= 4 is 11.9 Å². The van der Waals surface area contributed by atoms with Crippen LogP contribution in [0.25, 0.3) is 0 Å². The molecule has 4 aliphatic rings. The first-order chi connectivity index (χ1) is 13.9. The van der Waals surface area contributed by atoms with Gasteiger partial charge in [-0.05, 0) is 55.7 Å². The second kappa shape index (κ2) is 6.45. The molecule has 0 atom stereocenters. The maximum Gasteiger partial charge on any atom is 0.320 e.